The first-order valence-electron chi connectivity index (χ1n) is 8.28. The fraction of sp³-hybridized carbons (Fsp3) is 0.278. The molecule has 1 amide bonds. The molecule has 0 saturated carbocycles. The maximum absolute atomic E-state index is 13.5. The molecule has 0 aliphatic carbocycles. The number of nitrogens with one attached hydrogen (secondary N) is 2. The highest BCUT2D eigenvalue weighted by Crippen LogP contribution is 2.31. The zero-order valence-corrected chi connectivity index (χ0v) is 15.4. The zero-order chi connectivity index (χ0) is 19.7. The molecule has 1 unspecified atom stereocenters. The third-order valence-electron chi connectivity index (χ3n) is 4.56. The first kappa shape index (κ1) is 19.2. The molecule has 1 heterocycles. The molecule has 1 atom stereocenters. The van der Waals surface area contributed by atoms with Gasteiger partial charge < -0.3 is 10.6 Å². The number of sulfonamides is 1. The summed E-state index contributed by atoms with van der Waals surface area (Å²) in [6.45, 7) is -0.0433. The molecular formula is C18H19F2N3O3S. The molecule has 2 N–H and O–H groups in total. The van der Waals surface area contributed by atoms with Crippen LogP contribution in [-0.4, -0.2) is 44.3 Å². The van der Waals surface area contributed by atoms with Crippen LogP contribution in [0.1, 0.15) is 6.42 Å². The average Bonchev–Trinajstić information content (AvgIpc) is 3.07. The van der Waals surface area contributed by atoms with E-state index in [1.807, 2.05) is 0 Å². The number of benzene rings is 2. The maximum atomic E-state index is 13.5. The number of halogens is 2. The maximum Gasteiger partial charge on any atom is 0.246 e. The molecule has 2 aromatic rings. The second-order valence-electron chi connectivity index (χ2n) is 6.34. The topological polar surface area (TPSA) is 78.5 Å². The average molecular weight is 395 g/mol. The second kappa shape index (κ2) is 7.24. The Hall–Kier alpha value is -2.52. The summed E-state index contributed by atoms with van der Waals surface area (Å²) in [6, 6.07) is 10.1. The molecular weight excluding hydrogens is 376 g/mol. The molecule has 3 rings (SSSR count). The van der Waals surface area contributed by atoms with Crippen LogP contribution < -0.4 is 10.6 Å². The third kappa shape index (κ3) is 3.79. The van der Waals surface area contributed by atoms with Crippen LogP contribution >= 0.6 is 0 Å². The highest BCUT2D eigenvalue weighted by Gasteiger charge is 2.48. The van der Waals surface area contributed by atoms with E-state index in [2.05, 4.69) is 10.6 Å². The highest BCUT2D eigenvalue weighted by molar-refractivity contribution is 7.89. The van der Waals surface area contributed by atoms with Crippen LogP contribution in [0.2, 0.25) is 0 Å². The van der Waals surface area contributed by atoms with Gasteiger partial charge in [0.05, 0.1) is 4.90 Å². The van der Waals surface area contributed by atoms with Gasteiger partial charge in [0.15, 0.2) is 0 Å². The number of anilines is 1. The number of carbonyl (C=O) groups is 1. The quantitative estimate of drug-likeness (QED) is 0.811. The molecule has 1 aliphatic heterocycles. The van der Waals surface area contributed by atoms with E-state index in [0.29, 0.717) is 5.69 Å². The first-order valence-corrected chi connectivity index (χ1v) is 9.72. The summed E-state index contributed by atoms with van der Waals surface area (Å²) in [5, 5.41) is 5.53. The van der Waals surface area contributed by atoms with Gasteiger partial charge in [-0.15, -0.1) is 0 Å². The SMILES string of the molecule is CNC(=O)C1(Nc2cccc(F)c2)CCN(S(=O)(=O)c2ccc(F)cc2)C1. The largest absolute Gasteiger partial charge is 0.370 e. The Labute approximate surface area is 156 Å². The van der Waals surface area contributed by atoms with Gasteiger partial charge in [-0.2, -0.15) is 4.31 Å². The number of hydrogen-bond acceptors (Lipinski definition) is 4. The molecule has 1 aliphatic rings. The zero-order valence-electron chi connectivity index (χ0n) is 14.6. The standard InChI is InChI=1S/C18H19F2N3O3S/c1-21-17(24)18(22-15-4-2-3-14(20)11-15)9-10-23(12-18)27(25,26)16-7-5-13(19)6-8-16/h2-8,11,22H,9-10,12H2,1H3,(H,21,24). The van der Waals surface area contributed by atoms with Crippen molar-refractivity contribution in [2.45, 2.75) is 16.9 Å². The van der Waals surface area contributed by atoms with Gasteiger partial charge in [0.2, 0.25) is 15.9 Å². The molecule has 0 bridgehead atoms. The van der Waals surface area contributed by atoms with Crippen molar-refractivity contribution in [3.05, 3.63) is 60.2 Å². The summed E-state index contributed by atoms with van der Waals surface area (Å²) in [6.07, 6.45) is 0.198. The van der Waals surface area contributed by atoms with Crippen LogP contribution in [0.5, 0.6) is 0 Å². The van der Waals surface area contributed by atoms with E-state index < -0.39 is 33.1 Å². The van der Waals surface area contributed by atoms with Crippen molar-refractivity contribution in [2.75, 3.05) is 25.5 Å². The molecule has 6 nitrogen and oxygen atoms in total. The number of nitrogens with zero attached hydrogens (tertiary/aromatic N) is 1. The Bertz CT molecular complexity index is 951. The lowest BCUT2D eigenvalue weighted by atomic mass is 9.97. The van der Waals surface area contributed by atoms with Crippen molar-refractivity contribution in [2.24, 2.45) is 0 Å². The van der Waals surface area contributed by atoms with Gasteiger partial charge in [-0.25, -0.2) is 17.2 Å². The lowest BCUT2D eigenvalue weighted by Gasteiger charge is -2.30. The van der Waals surface area contributed by atoms with Crippen LogP contribution in [0.4, 0.5) is 14.5 Å². The number of likely N-dealkylation sites (N-methyl/N-ethyl adjacent to an activating group) is 1. The molecule has 2 aromatic carbocycles. The van der Waals surface area contributed by atoms with E-state index in [1.54, 1.807) is 6.07 Å². The van der Waals surface area contributed by atoms with E-state index in [1.165, 1.54) is 41.7 Å². The van der Waals surface area contributed by atoms with E-state index in [-0.39, 0.29) is 24.4 Å². The minimum Gasteiger partial charge on any atom is -0.370 e. The predicted octanol–water partition coefficient (Wildman–Crippen LogP) is 1.96. The highest BCUT2D eigenvalue weighted by atomic mass is 32.2. The van der Waals surface area contributed by atoms with Crippen LogP contribution in [0.15, 0.2) is 53.4 Å². The summed E-state index contributed by atoms with van der Waals surface area (Å²) < 4.78 is 53.4. The van der Waals surface area contributed by atoms with Crippen LogP contribution in [0, 0.1) is 11.6 Å². The number of hydrogen-bond donors (Lipinski definition) is 2. The lowest BCUT2D eigenvalue weighted by Crippen LogP contribution is -2.54. The molecule has 1 saturated heterocycles. The van der Waals surface area contributed by atoms with Gasteiger partial charge in [-0.3, -0.25) is 4.79 Å². The minimum absolute atomic E-state index is 0.0534. The molecule has 0 aromatic heterocycles. The van der Waals surface area contributed by atoms with Crippen LogP contribution in [0.3, 0.4) is 0 Å². The summed E-state index contributed by atoms with van der Waals surface area (Å²) in [5.41, 5.74) is -0.866. The van der Waals surface area contributed by atoms with E-state index in [9.17, 15) is 22.0 Å². The summed E-state index contributed by atoms with van der Waals surface area (Å²) in [4.78, 5) is 12.5. The minimum atomic E-state index is -3.90. The monoisotopic (exact) mass is 395 g/mol. The molecule has 9 heteroatoms. The van der Waals surface area contributed by atoms with Crippen molar-refractivity contribution in [1.29, 1.82) is 0 Å². The second-order valence-corrected chi connectivity index (χ2v) is 8.28. The summed E-state index contributed by atoms with van der Waals surface area (Å²) in [5.74, 6) is -1.41. The van der Waals surface area contributed by atoms with Gasteiger partial charge in [0.25, 0.3) is 0 Å². The molecule has 144 valence electrons. The van der Waals surface area contributed by atoms with Gasteiger partial charge in [-0.05, 0) is 48.9 Å². The van der Waals surface area contributed by atoms with Gasteiger partial charge in [0.1, 0.15) is 17.2 Å². The Balaban J connectivity index is 1.90. The van der Waals surface area contributed by atoms with Crippen LogP contribution in [0.25, 0.3) is 0 Å². The summed E-state index contributed by atoms with van der Waals surface area (Å²) in [7, 11) is -2.44. The predicted molar refractivity (Wildman–Crippen MR) is 96.6 cm³/mol. The molecule has 0 spiro atoms. The summed E-state index contributed by atoms with van der Waals surface area (Å²) >= 11 is 0. The number of rotatable bonds is 5. The lowest BCUT2D eigenvalue weighted by molar-refractivity contribution is -0.124. The normalized spacial score (nSPS) is 20.4. The van der Waals surface area contributed by atoms with Crippen molar-refractivity contribution < 1.29 is 22.0 Å². The number of amides is 1. The van der Waals surface area contributed by atoms with Crippen molar-refractivity contribution in [1.82, 2.24) is 9.62 Å². The first-order chi connectivity index (χ1) is 12.8. The van der Waals surface area contributed by atoms with E-state index >= 15 is 0 Å². The Morgan fingerprint density at radius 1 is 1.11 bits per heavy atom. The number of carbonyl (C=O) groups excluding carboxylic acids is 1. The molecule has 1 fully saturated rings. The van der Waals surface area contributed by atoms with Gasteiger partial charge >= 0.3 is 0 Å². The fourth-order valence-corrected chi connectivity index (χ4v) is 4.66. The smallest absolute Gasteiger partial charge is 0.246 e. The van der Waals surface area contributed by atoms with E-state index in [4.69, 9.17) is 0 Å². The van der Waals surface area contributed by atoms with E-state index in [0.717, 1.165) is 12.1 Å². The Morgan fingerprint density at radius 3 is 2.44 bits per heavy atom. The Morgan fingerprint density at radius 2 is 1.81 bits per heavy atom. The van der Waals surface area contributed by atoms with Gasteiger partial charge in [-0.1, -0.05) is 6.07 Å². The molecule has 27 heavy (non-hydrogen) atoms. The Kier molecular flexibility index (Phi) is 5.16. The molecule has 0 radical (unpaired) electrons. The van der Waals surface area contributed by atoms with Crippen molar-refractivity contribution in [3.8, 4) is 0 Å². The fourth-order valence-electron chi connectivity index (χ4n) is 3.16. The van der Waals surface area contributed by atoms with Crippen molar-refractivity contribution >= 4 is 21.6 Å². The van der Waals surface area contributed by atoms with Gasteiger partial charge in [0, 0.05) is 25.8 Å². The van der Waals surface area contributed by atoms with Crippen molar-refractivity contribution in [3.63, 3.8) is 0 Å². The van der Waals surface area contributed by atoms with Crippen LogP contribution in [-0.2, 0) is 14.8 Å². The third-order valence-corrected chi connectivity index (χ3v) is 6.41.